The van der Waals surface area contributed by atoms with E-state index in [1.165, 1.54) is 0 Å². The van der Waals surface area contributed by atoms with E-state index in [0.717, 1.165) is 10.3 Å². The zero-order chi connectivity index (χ0) is 6.85. The fraction of sp³-hybridized carbons (Fsp3) is 0.400. The van der Waals surface area contributed by atoms with E-state index in [4.69, 9.17) is 5.73 Å². The highest BCUT2D eigenvalue weighted by molar-refractivity contribution is 9.10. The second-order valence-electron chi connectivity index (χ2n) is 1.79. The van der Waals surface area contributed by atoms with Crippen molar-refractivity contribution < 1.29 is 0 Å². The molecule has 1 rings (SSSR count). The lowest BCUT2D eigenvalue weighted by atomic mass is 10.4. The Morgan fingerprint density at radius 1 is 1.80 bits per heavy atom. The van der Waals surface area contributed by atoms with E-state index in [1.807, 2.05) is 13.1 Å². The molecule has 1 aromatic heterocycles. The van der Waals surface area contributed by atoms with Gasteiger partial charge in [-0.05, 0) is 22.0 Å². The van der Waals surface area contributed by atoms with E-state index < -0.39 is 0 Å². The third kappa shape index (κ3) is 2.07. The molecule has 0 aromatic carbocycles. The molecule has 0 radical (unpaired) electrons. The van der Waals surface area contributed by atoms with E-state index in [0.29, 0.717) is 6.54 Å². The molecule has 0 bridgehead atoms. The van der Waals surface area contributed by atoms with Crippen LogP contribution in [-0.2, 0) is 13.6 Å². The molecule has 1 heterocycles. The Morgan fingerprint density at radius 2 is 2.40 bits per heavy atom. The van der Waals surface area contributed by atoms with Crippen LogP contribution in [0, 0.1) is 0 Å². The van der Waals surface area contributed by atoms with Crippen molar-refractivity contribution in [2.24, 2.45) is 12.8 Å². The first-order chi connectivity index (χ1) is 4.24. The van der Waals surface area contributed by atoms with E-state index in [-0.39, 0.29) is 17.0 Å². The highest BCUT2D eigenvalue weighted by atomic mass is 79.9. The number of halogens is 2. The molecule has 0 amide bonds. The summed E-state index contributed by atoms with van der Waals surface area (Å²) in [5, 5.41) is 4.07. The number of nitrogens with zero attached hydrogens (tertiary/aromatic N) is 2. The smallest absolute Gasteiger partial charge is 0.104 e. The van der Waals surface area contributed by atoms with Crippen LogP contribution in [0.15, 0.2) is 10.7 Å². The largest absolute Gasteiger partial charge is 0.325 e. The van der Waals surface area contributed by atoms with Gasteiger partial charge in [-0.1, -0.05) is 0 Å². The molecule has 10 heavy (non-hydrogen) atoms. The minimum atomic E-state index is 0. The summed E-state index contributed by atoms with van der Waals surface area (Å²) in [5.74, 6) is 0. The Kier molecular flexibility index (Phi) is 4.15. The molecule has 0 unspecified atom stereocenters. The molecule has 0 atom stereocenters. The number of hydrogen-bond acceptors (Lipinski definition) is 2. The highest BCUT2D eigenvalue weighted by Gasteiger charge is 1.97. The fourth-order valence-electron chi connectivity index (χ4n) is 0.600. The second-order valence-corrected chi connectivity index (χ2v) is 2.60. The molecule has 0 aliphatic carbocycles. The third-order valence-corrected chi connectivity index (χ3v) is 1.82. The van der Waals surface area contributed by atoms with Crippen molar-refractivity contribution in [2.75, 3.05) is 0 Å². The van der Waals surface area contributed by atoms with Crippen molar-refractivity contribution in [3.63, 3.8) is 0 Å². The molecule has 0 aliphatic rings. The van der Waals surface area contributed by atoms with E-state index in [2.05, 4.69) is 21.0 Å². The topological polar surface area (TPSA) is 43.8 Å². The lowest BCUT2D eigenvalue weighted by molar-refractivity contribution is 0.728. The summed E-state index contributed by atoms with van der Waals surface area (Å²) in [4.78, 5) is 0. The molecule has 5 heteroatoms. The zero-order valence-corrected chi connectivity index (χ0v) is 8.84. The molecule has 0 aliphatic heterocycles. The SMILES string of the molecule is Br.Cn1nc(CN)cc1Br. The molecule has 1 aromatic rings. The van der Waals surface area contributed by atoms with Gasteiger partial charge in [-0.25, -0.2) is 0 Å². The maximum absolute atomic E-state index is 5.34. The minimum Gasteiger partial charge on any atom is -0.325 e. The lowest BCUT2D eigenvalue weighted by Gasteiger charge is -1.86. The maximum atomic E-state index is 5.34. The van der Waals surface area contributed by atoms with Crippen molar-refractivity contribution in [1.82, 2.24) is 9.78 Å². The summed E-state index contributed by atoms with van der Waals surface area (Å²) in [5.41, 5.74) is 6.24. The lowest BCUT2D eigenvalue weighted by Crippen LogP contribution is -1.98. The van der Waals surface area contributed by atoms with Crippen LogP contribution in [0.4, 0.5) is 0 Å². The predicted octanol–water partition coefficient (Wildman–Crippen LogP) is 1.22. The van der Waals surface area contributed by atoms with Crippen LogP contribution in [0.2, 0.25) is 0 Å². The van der Waals surface area contributed by atoms with E-state index >= 15 is 0 Å². The Bertz CT molecular complexity index is 189. The van der Waals surface area contributed by atoms with Crippen LogP contribution in [0.3, 0.4) is 0 Å². The summed E-state index contributed by atoms with van der Waals surface area (Å²) in [6, 6.07) is 1.90. The molecule has 58 valence electrons. The zero-order valence-electron chi connectivity index (χ0n) is 5.54. The predicted molar refractivity (Wildman–Crippen MR) is 49.1 cm³/mol. The average molecular weight is 271 g/mol. The summed E-state index contributed by atoms with van der Waals surface area (Å²) < 4.78 is 2.70. The van der Waals surface area contributed by atoms with Gasteiger partial charge in [0.15, 0.2) is 0 Å². The fourth-order valence-corrected chi connectivity index (χ4v) is 0.943. The summed E-state index contributed by atoms with van der Waals surface area (Å²) in [6.45, 7) is 0.499. The molecule has 0 saturated heterocycles. The maximum Gasteiger partial charge on any atom is 0.104 e. The molecular weight excluding hydrogens is 262 g/mol. The van der Waals surface area contributed by atoms with Crippen LogP contribution in [0.1, 0.15) is 5.69 Å². The van der Waals surface area contributed by atoms with E-state index in [9.17, 15) is 0 Å². The Morgan fingerprint density at radius 3 is 2.60 bits per heavy atom. The number of aromatic nitrogens is 2. The van der Waals surface area contributed by atoms with Crippen LogP contribution in [-0.4, -0.2) is 9.78 Å². The van der Waals surface area contributed by atoms with Crippen LogP contribution in [0.25, 0.3) is 0 Å². The van der Waals surface area contributed by atoms with Gasteiger partial charge >= 0.3 is 0 Å². The Labute approximate surface area is 78.5 Å². The first-order valence-electron chi connectivity index (χ1n) is 2.62. The normalized spacial score (nSPS) is 9.10. The molecular formula is C5H9Br2N3. The van der Waals surface area contributed by atoms with Crippen molar-refractivity contribution in [2.45, 2.75) is 6.54 Å². The van der Waals surface area contributed by atoms with Gasteiger partial charge < -0.3 is 5.73 Å². The average Bonchev–Trinajstić information content (AvgIpc) is 2.13. The van der Waals surface area contributed by atoms with Crippen molar-refractivity contribution in [3.05, 3.63) is 16.4 Å². The van der Waals surface area contributed by atoms with Gasteiger partial charge in [0.2, 0.25) is 0 Å². The summed E-state index contributed by atoms with van der Waals surface area (Å²) in [6.07, 6.45) is 0. The number of nitrogens with two attached hydrogens (primary N) is 1. The van der Waals surface area contributed by atoms with Crippen LogP contribution >= 0.6 is 32.9 Å². The molecule has 3 nitrogen and oxygen atoms in total. The van der Waals surface area contributed by atoms with Gasteiger partial charge in [0.1, 0.15) is 4.60 Å². The quantitative estimate of drug-likeness (QED) is 0.834. The van der Waals surface area contributed by atoms with Crippen molar-refractivity contribution in [3.8, 4) is 0 Å². The van der Waals surface area contributed by atoms with Crippen molar-refractivity contribution >= 4 is 32.9 Å². The molecule has 0 fully saturated rings. The third-order valence-electron chi connectivity index (χ3n) is 1.08. The van der Waals surface area contributed by atoms with Gasteiger partial charge in [-0.3, -0.25) is 4.68 Å². The number of aryl methyl sites for hydroxylation is 1. The van der Waals surface area contributed by atoms with Gasteiger partial charge in [-0.2, -0.15) is 5.10 Å². The summed E-state index contributed by atoms with van der Waals surface area (Å²) in [7, 11) is 1.86. The molecule has 2 N–H and O–H groups in total. The van der Waals surface area contributed by atoms with Crippen molar-refractivity contribution in [1.29, 1.82) is 0 Å². The molecule has 0 saturated carbocycles. The standard InChI is InChI=1S/C5H8BrN3.BrH/c1-9-5(6)2-4(3-7)8-9;/h2H,3,7H2,1H3;1H. The highest BCUT2D eigenvalue weighted by Crippen LogP contribution is 2.08. The molecule has 0 spiro atoms. The second kappa shape index (κ2) is 4.10. The van der Waals surface area contributed by atoms with Gasteiger partial charge in [0.05, 0.1) is 5.69 Å². The first-order valence-corrected chi connectivity index (χ1v) is 3.42. The number of hydrogen-bond donors (Lipinski definition) is 1. The van der Waals surface area contributed by atoms with E-state index in [1.54, 1.807) is 4.68 Å². The van der Waals surface area contributed by atoms with Crippen LogP contribution in [0.5, 0.6) is 0 Å². The Balaban J connectivity index is 0.000000810. The van der Waals surface area contributed by atoms with Gasteiger partial charge in [-0.15, -0.1) is 17.0 Å². The van der Waals surface area contributed by atoms with Gasteiger partial charge in [0.25, 0.3) is 0 Å². The first kappa shape index (κ1) is 10.1. The number of rotatable bonds is 1. The van der Waals surface area contributed by atoms with Gasteiger partial charge in [0, 0.05) is 13.6 Å². The van der Waals surface area contributed by atoms with Crippen LogP contribution < -0.4 is 5.73 Å². The monoisotopic (exact) mass is 269 g/mol. The minimum absolute atomic E-state index is 0. The summed E-state index contributed by atoms with van der Waals surface area (Å²) >= 11 is 3.30. The Hall–Kier alpha value is 0.130.